The smallest absolute Gasteiger partial charge is 0.190 e. The summed E-state index contributed by atoms with van der Waals surface area (Å²) in [5.74, 6) is 2.83. The number of guanidine groups is 1. The fourth-order valence-electron chi connectivity index (χ4n) is 3.64. The number of hydrogen-bond acceptors (Lipinski definition) is 3. The van der Waals surface area contributed by atoms with Crippen LogP contribution in [-0.2, 0) is 6.42 Å². The molecule has 0 unspecified atom stereocenters. The molecule has 0 atom stereocenters. The molecule has 1 saturated carbocycles. The van der Waals surface area contributed by atoms with Gasteiger partial charge in [-0.25, -0.2) is 0 Å². The van der Waals surface area contributed by atoms with Gasteiger partial charge in [-0.1, -0.05) is 44.6 Å². The Morgan fingerprint density at radius 1 is 1.15 bits per heavy atom. The molecule has 0 amide bonds. The van der Waals surface area contributed by atoms with Gasteiger partial charge in [0, 0.05) is 32.8 Å². The summed E-state index contributed by atoms with van der Waals surface area (Å²) in [6, 6.07) is 5.94. The van der Waals surface area contributed by atoms with Gasteiger partial charge in [-0.3, -0.25) is 9.39 Å². The van der Waals surface area contributed by atoms with E-state index in [-0.39, 0.29) is 24.0 Å². The summed E-state index contributed by atoms with van der Waals surface area (Å²) in [5, 5.41) is 15.2. The van der Waals surface area contributed by atoms with Crippen molar-refractivity contribution in [3.63, 3.8) is 0 Å². The first kappa shape index (κ1) is 20.9. The average Bonchev–Trinajstić information content (AvgIpc) is 3.30. The Labute approximate surface area is 173 Å². The van der Waals surface area contributed by atoms with Crippen molar-refractivity contribution < 1.29 is 0 Å². The molecule has 2 aromatic heterocycles. The molecule has 0 aromatic carbocycles. The predicted molar refractivity (Wildman–Crippen MR) is 117 cm³/mol. The number of nitrogens with one attached hydrogen (secondary N) is 2. The summed E-state index contributed by atoms with van der Waals surface area (Å²) in [4.78, 5) is 4.30. The first-order valence-corrected chi connectivity index (χ1v) is 9.60. The third-order valence-corrected chi connectivity index (χ3v) is 5.06. The number of pyridine rings is 1. The second-order valence-electron chi connectivity index (χ2n) is 6.87. The maximum absolute atomic E-state index is 4.30. The second kappa shape index (κ2) is 11.4. The minimum Gasteiger partial charge on any atom is -0.356 e. The van der Waals surface area contributed by atoms with Gasteiger partial charge >= 0.3 is 0 Å². The summed E-state index contributed by atoms with van der Waals surface area (Å²) >= 11 is 0. The van der Waals surface area contributed by atoms with E-state index in [4.69, 9.17) is 0 Å². The summed E-state index contributed by atoms with van der Waals surface area (Å²) in [6.07, 6.45) is 12.5. The SMILES string of the molecule is CN=C(NCCCCC1CCCC1)NCCc1nnc2ccccn12.I. The molecule has 0 spiro atoms. The highest BCUT2D eigenvalue weighted by Crippen LogP contribution is 2.28. The monoisotopic (exact) mass is 470 g/mol. The average molecular weight is 470 g/mol. The van der Waals surface area contributed by atoms with Crippen molar-refractivity contribution in [3.05, 3.63) is 30.2 Å². The lowest BCUT2D eigenvalue weighted by Gasteiger charge is -2.12. The molecule has 2 N–H and O–H groups in total. The Balaban J connectivity index is 0.00000243. The zero-order valence-corrected chi connectivity index (χ0v) is 18.0. The molecule has 0 aliphatic heterocycles. The summed E-state index contributed by atoms with van der Waals surface area (Å²) < 4.78 is 2.03. The van der Waals surface area contributed by atoms with Crippen LogP contribution in [0.5, 0.6) is 0 Å². The molecule has 144 valence electrons. The van der Waals surface area contributed by atoms with Crippen molar-refractivity contribution in [2.45, 2.75) is 51.4 Å². The number of rotatable bonds is 8. The molecule has 0 saturated heterocycles. The van der Waals surface area contributed by atoms with Gasteiger partial charge in [-0.05, 0) is 24.5 Å². The van der Waals surface area contributed by atoms with Gasteiger partial charge in [0.15, 0.2) is 11.6 Å². The molecule has 7 heteroatoms. The van der Waals surface area contributed by atoms with E-state index < -0.39 is 0 Å². The number of nitrogens with zero attached hydrogens (tertiary/aromatic N) is 4. The Morgan fingerprint density at radius 2 is 1.96 bits per heavy atom. The molecule has 0 radical (unpaired) electrons. The van der Waals surface area contributed by atoms with Crippen molar-refractivity contribution in [2.75, 3.05) is 20.1 Å². The van der Waals surface area contributed by atoms with Crippen LogP contribution in [0, 0.1) is 5.92 Å². The number of hydrogen-bond donors (Lipinski definition) is 2. The van der Waals surface area contributed by atoms with Gasteiger partial charge in [-0.15, -0.1) is 34.2 Å². The van der Waals surface area contributed by atoms with Crippen molar-refractivity contribution in [1.82, 2.24) is 25.2 Å². The van der Waals surface area contributed by atoms with Gasteiger partial charge in [0.2, 0.25) is 0 Å². The van der Waals surface area contributed by atoms with Crippen molar-refractivity contribution in [1.29, 1.82) is 0 Å². The largest absolute Gasteiger partial charge is 0.356 e. The molecule has 0 bridgehead atoms. The van der Waals surface area contributed by atoms with Crippen LogP contribution in [-0.4, -0.2) is 40.7 Å². The van der Waals surface area contributed by atoms with Crippen LogP contribution in [0.15, 0.2) is 29.4 Å². The molecule has 2 heterocycles. The van der Waals surface area contributed by atoms with Crippen LogP contribution in [0.1, 0.15) is 50.8 Å². The maximum atomic E-state index is 4.30. The zero-order chi connectivity index (χ0) is 17.3. The summed E-state index contributed by atoms with van der Waals surface area (Å²) in [6.45, 7) is 1.78. The van der Waals surface area contributed by atoms with Gasteiger partial charge in [0.25, 0.3) is 0 Å². The first-order chi connectivity index (χ1) is 12.4. The maximum Gasteiger partial charge on any atom is 0.190 e. The highest BCUT2D eigenvalue weighted by atomic mass is 127. The lowest BCUT2D eigenvalue weighted by molar-refractivity contribution is 0.472. The van der Waals surface area contributed by atoms with E-state index in [9.17, 15) is 0 Å². The van der Waals surface area contributed by atoms with Gasteiger partial charge < -0.3 is 10.6 Å². The summed E-state index contributed by atoms with van der Waals surface area (Å²) in [7, 11) is 1.82. The molecule has 2 aromatic rings. The van der Waals surface area contributed by atoms with E-state index in [1.54, 1.807) is 0 Å². The topological polar surface area (TPSA) is 66.6 Å². The minimum atomic E-state index is 0. The van der Waals surface area contributed by atoms with Crippen LogP contribution in [0.25, 0.3) is 5.65 Å². The van der Waals surface area contributed by atoms with E-state index in [0.717, 1.165) is 42.9 Å². The minimum absolute atomic E-state index is 0. The molecule has 1 aliphatic rings. The van der Waals surface area contributed by atoms with Gasteiger partial charge in [0.1, 0.15) is 5.82 Å². The van der Waals surface area contributed by atoms with Gasteiger partial charge in [-0.2, -0.15) is 0 Å². The fourth-order valence-corrected chi connectivity index (χ4v) is 3.64. The van der Waals surface area contributed by atoms with E-state index in [0.29, 0.717) is 0 Å². The Bertz CT molecular complexity index is 677. The quantitative estimate of drug-likeness (QED) is 0.269. The zero-order valence-electron chi connectivity index (χ0n) is 15.7. The number of fused-ring (bicyclic) bond motifs is 1. The molecule has 26 heavy (non-hydrogen) atoms. The number of aromatic nitrogens is 3. The third-order valence-electron chi connectivity index (χ3n) is 5.06. The molecule has 1 fully saturated rings. The van der Waals surface area contributed by atoms with E-state index in [1.165, 1.54) is 44.9 Å². The Morgan fingerprint density at radius 3 is 2.77 bits per heavy atom. The lowest BCUT2D eigenvalue weighted by atomic mass is 10.0. The van der Waals surface area contributed by atoms with Crippen LogP contribution in [0.3, 0.4) is 0 Å². The van der Waals surface area contributed by atoms with Crippen molar-refractivity contribution in [2.24, 2.45) is 10.9 Å². The standard InChI is InChI=1S/C19H30N6.HI/c1-20-19(21-13-6-4-10-16-8-2-3-9-16)22-14-12-18-24-23-17-11-5-7-15-25(17)18;/h5,7,11,15-16H,2-4,6,8-10,12-14H2,1H3,(H2,20,21,22);1H. The predicted octanol–water partition coefficient (Wildman–Crippen LogP) is 3.42. The van der Waals surface area contributed by atoms with E-state index >= 15 is 0 Å². The highest BCUT2D eigenvalue weighted by Gasteiger charge is 2.13. The molecule has 1 aliphatic carbocycles. The second-order valence-corrected chi connectivity index (χ2v) is 6.87. The van der Waals surface area contributed by atoms with Crippen molar-refractivity contribution >= 4 is 35.6 Å². The molecule has 3 rings (SSSR count). The first-order valence-electron chi connectivity index (χ1n) is 9.60. The number of halogens is 1. The Kier molecular flexibility index (Phi) is 9.14. The van der Waals surface area contributed by atoms with Gasteiger partial charge in [0.05, 0.1) is 0 Å². The Hall–Kier alpha value is -1.38. The molecular weight excluding hydrogens is 439 g/mol. The fraction of sp³-hybridized carbons (Fsp3) is 0.632. The van der Waals surface area contributed by atoms with Crippen LogP contribution >= 0.6 is 24.0 Å². The molecular formula is C19H31IN6. The third kappa shape index (κ3) is 6.10. The van der Waals surface area contributed by atoms with E-state index in [2.05, 4.69) is 25.8 Å². The highest BCUT2D eigenvalue weighted by molar-refractivity contribution is 14.0. The van der Waals surface area contributed by atoms with Crippen LogP contribution in [0.2, 0.25) is 0 Å². The summed E-state index contributed by atoms with van der Waals surface area (Å²) in [5.41, 5.74) is 0.891. The number of aliphatic imine (C=N–C) groups is 1. The van der Waals surface area contributed by atoms with E-state index in [1.807, 2.05) is 35.8 Å². The van der Waals surface area contributed by atoms with Crippen LogP contribution in [0.4, 0.5) is 0 Å². The molecule has 6 nitrogen and oxygen atoms in total. The lowest BCUT2D eigenvalue weighted by Crippen LogP contribution is -2.38. The van der Waals surface area contributed by atoms with Crippen molar-refractivity contribution in [3.8, 4) is 0 Å². The normalized spacial score (nSPS) is 15.2. The van der Waals surface area contributed by atoms with Crippen LogP contribution < -0.4 is 10.6 Å². The number of unbranched alkanes of at least 4 members (excludes halogenated alkanes) is 1.